The molecule has 1 amide bonds. The number of nitrogens with two attached hydrogens (primary N) is 1. The van der Waals surface area contributed by atoms with Crippen molar-refractivity contribution in [3.05, 3.63) is 69.4 Å². The number of nitrogen functional groups attached to an aromatic ring is 1. The van der Waals surface area contributed by atoms with E-state index in [0.29, 0.717) is 17.7 Å². The Hall–Kier alpha value is -1.76. The summed E-state index contributed by atoms with van der Waals surface area (Å²) in [7, 11) is 0. The zero-order valence-corrected chi connectivity index (χ0v) is 12.7. The van der Waals surface area contributed by atoms with Crippen LogP contribution in [0.4, 0.5) is 4.39 Å². The molecule has 0 unspecified atom stereocenters. The minimum atomic E-state index is -0.468. The summed E-state index contributed by atoms with van der Waals surface area (Å²) in [5.41, 5.74) is 3.60. The minimum Gasteiger partial charge on any atom is -0.372 e. The highest BCUT2D eigenvalue weighted by Gasteiger charge is 2.09. The Balaban J connectivity index is 1.99. The molecule has 0 aliphatic rings. The second-order valence-electron chi connectivity index (χ2n) is 4.40. The number of benzene rings is 2. The molecule has 4 nitrogen and oxygen atoms in total. The smallest absolute Gasteiger partial charge is 0.265 e. The van der Waals surface area contributed by atoms with Gasteiger partial charge in [0, 0.05) is 15.6 Å². The molecule has 0 fully saturated rings. The molecule has 2 aromatic carbocycles. The molecule has 0 saturated carbocycles. The molecule has 3 N–H and O–H groups in total. The second-order valence-corrected chi connectivity index (χ2v) is 5.31. The van der Waals surface area contributed by atoms with E-state index in [1.54, 1.807) is 0 Å². The number of nitrogens with one attached hydrogen (secondary N) is 1. The third-order valence-corrected chi connectivity index (χ3v) is 3.41. The molecule has 0 atom stereocenters. The molecular weight excluding hydrogens is 339 g/mol. The SMILES string of the molecule is NNC(=O)c1ccc(F)c(COCc2ccc(Br)cc2)c1. The molecule has 2 rings (SSSR count). The van der Waals surface area contributed by atoms with Gasteiger partial charge in [0.25, 0.3) is 5.91 Å². The van der Waals surface area contributed by atoms with Crippen molar-refractivity contribution in [1.29, 1.82) is 0 Å². The molecule has 6 heteroatoms. The first kappa shape index (κ1) is 15.6. The van der Waals surface area contributed by atoms with Gasteiger partial charge in [0.15, 0.2) is 0 Å². The molecule has 21 heavy (non-hydrogen) atoms. The van der Waals surface area contributed by atoms with Crippen LogP contribution in [0.1, 0.15) is 21.5 Å². The summed E-state index contributed by atoms with van der Waals surface area (Å²) in [6.45, 7) is 0.438. The van der Waals surface area contributed by atoms with Crippen LogP contribution >= 0.6 is 15.9 Å². The third-order valence-electron chi connectivity index (χ3n) is 2.88. The van der Waals surface area contributed by atoms with Crippen LogP contribution in [0.25, 0.3) is 0 Å². The largest absolute Gasteiger partial charge is 0.372 e. The lowest BCUT2D eigenvalue weighted by Crippen LogP contribution is -2.30. The lowest BCUT2D eigenvalue weighted by molar-refractivity contribution is 0.0950. The van der Waals surface area contributed by atoms with Gasteiger partial charge in [0.05, 0.1) is 13.2 Å². The number of amides is 1. The predicted molar refractivity (Wildman–Crippen MR) is 80.7 cm³/mol. The highest BCUT2D eigenvalue weighted by Crippen LogP contribution is 2.14. The lowest BCUT2D eigenvalue weighted by atomic mass is 10.1. The lowest BCUT2D eigenvalue weighted by Gasteiger charge is -2.08. The van der Waals surface area contributed by atoms with E-state index in [2.05, 4.69) is 15.9 Å². The maximum absolute atomic E-state index is 13.7. The fourth-order valence-electron chi connectivity index (χ4n) is 1.77. The van der Waals surface area contributed by atoms with Crippen LogP contribution in [-0.4, -0.2) is 5.91 Å². The van der Waals surface area contributed by atoms with Crippen molar-refractivity contribution in [2.75, 3.05) is 0 Å². The van der Waals surface area contributed by atoms with Crippen LogP contribution in [-0.2, 0) is 18.0 Å². The van der Waals surface area contributed by atoms with Gasteiger partial charge < -0.3 is 4.74 Å². The summed E-state index contributed by atoms with van der Waals surface area (Å²) in [5, 5.41) is 0. The molecule has 0 heterocycles. The molecule has 110 valence electrons. The maximum atomic E-state index is 13.7. The topological polar surface area (TPSA) is 64.3 Å². The summed E-state index contributed by atoms with van der Waals surface area (Å²) in [6.07, 6.45) is 0. The third kappa shape index (κ3) is 4.35. The van der Waals surface area contributed by atoms with Gasteiger partial charge in [-0.1, -0.05) is 28.1 Å². The first-order valence-corrected chi connectivity index (χ1v) is 7.01. The van der Waals surface area contributed by atoms with Crippen LogP contribution in [0.15, 0.2) is 46.9 Å². The van der Waals surface area contributed by atoms with Crippen molar-refractivity contribution < 1.29 is 13.9 Å². The van der Waals surface area contributed by atoms with Gasteiger partial charge in [-0.2, -0.15) is 0 Å². The average molecular weight is 353 g/mol. The zero-order chi connectivity index (χ0) is 15.2. The van der Waals surface area contributed by atoms with E-state index < -0.39 is 11.7 Å². The van der Waals surface area contributed by atoms with Gasteiger partial charge in [-0.25, -0.2) is 10.2 Å². The van der Waals surface area contributed by atoms with E-state index in [9.17, 15) is 9.18 Å². The van der Waals surface area contributed by atoms with Crippen molar-refractivity contribution in [2.24, 2.45) is 5.84 Å². The summed E-state index contributed by atoms with van der Waals surface area (Å²) in [4.78, 5) is 11.4. The highest BCUT2D eigenvalue weighted by molar-refractivity contribution is 9.10. The maximum Gasteiger partial charge on any atom is 0.265 e. The number of hydrazine groups is 1. The van der Waals surface area contributed by atoms with Crippen molar-refractivity contribution in [1.82, 2.24) is 5.43 Å². The molecule has 0 radical (unpaired) electrons. The molecule has 0 saturated heterocycles. The van der Waals surface area contributed by atoms with E-state index in [0.717, 1.165) is 10.0 Å². The number of carbonyl (C=O) groups excluding carboxylic acids is 1. The average Bonchev–Trinajstić information content (AvgIpc) is 2.50. The Morgan fingerprint density at radius 1 is 1.19 bits per heavy atom. The highest BCUT2D eigenvalue weighted by atomic mass is 79.9. The van der Waals surface area contributed by atoms with Gasteiger partial charge in [-0.05, 0) is 35.9 Å². The van der Waals surface area contributed by atoms with Crippen molar-refractivity contribution in [2.45, 2.75) is 13.2 Å². The normalized spacial score (nSPS) is 10.4. The van der Waals surface area contributed by atoms with Crippen LogP contribution in [0.2, 0.25) is 0 Å². The zero-order valence-electron chi connectivity index (χ0n) is 11.1. The van der Waals surface area contributed by atoms with E-state index in [1.807, 2.05) is 29.7 Å². The fourth-order valence-corrected chi connectivity index (χ4v) is 2.03. The molecule has 0 spiro atoms. The van der Waals surface area contributed by atoms with Crippen molar-refractivity contribution >= 4 is 21.8 Å². The van der Waals surface area contributed by atoms with Crippen LogP contribution < -0.4 is 11.3 Å². The molecule has 0 bridgehead atoms. The number of ether oxygens (including phenoxy) is 1. The predicted octanol–water partition coefficient (Wildman–Crippen LogP) is 2.91. The standard InChI is InChI=1S/C15H14BrFN2O2/c16-13-4-1-10(2-5-13)8-21-9-12-7-11(15(20)19-18)3-6-14(12)17/h1-7H,8-9,18H2,(H,19,20). The van der Waals surface area contributed by atoms with E-state index in [4.69, 9.17) is 10.6 Å². The summed E-state index contributed by atoms with van der Waals surface area (Å²) in [5.74, 6) is 4.17. The number of hydrogen-bond acceptors (Lipinski definition) is 3. The number of halogens is 2. The first-order valence-electron chi connectivity index (χ1n) is 6.21. The number of carbonyl (C=O) groups is 1. The molecule has 0 aliphatic heterocycles. The summed E-state index contributed by atoms with van der Waals surface area (Å²) < 4.78 is 20.1. The molecule has 0 aliphatic carbocycles. The Bertz CT molecular complexity index is 632. The quantitative estimate of drug-likeness (QED) is 0.494. The Morgan fingerprint density at radius 2 is 1.90 bits per heavy atom. The van der Waals surface area contributed by atoms with Gasteiger partial charge in [0.1, 0.15) is 5.82 Å². The summed E-state index contributed by atoms with van der Waals surface area (Å²) in [6, 6.07) is 11.7. The van der Waals surface area contributed by atoms with E-state index in [1.165, 1.54) is 18.2 Å². The van der Waals surface area contributed by atoms with Crippen LogP contribution in [0, 0.1) is 5.82 Å². The van der Waals surface area contributed by atoms with Crippen LogP contribution in [0.3, 0.4) is 0 Å². The van der Waals surface area contributed by atoms with Gasteiger partial charge >= 0.3 is 0 Å². The fraction of sp³-hybridized carbons (Fsp3) is 0.133. The van der Waals surface area contributed by atoms with E-state index in [-0.39, 0.29) is 6.61 Å². The van der Waals surface area contributed by atoms with Crippen molar-refractivity contribution in [3.8, 4) is 0 Å². The number of hydrogen-bond donors (Lipinski definition) is 2. The van der Waals surface area contributed by atoms with Crippen LogP contribution in [0.5, 0.6) is 0 Å². The van der Waals surface area contributed by atoms with Gasteiger partial charge in [-0.3, -0.25) is 10.2 Å². The molecule has 2 aromatic rings. The number of rotatable bonds is 5. The summed E-state index contributed by atoms with van der Waals surface area (Å²) >= 11 is 3.35. The van der Waals surface area contributed by atoms with Gasteiger partial charge in [-0.15, -0.1) is 0 Å². The second kappa shape index (κ2) is 7.31. The molecule has 0 aromatic heterocycles. The Morgan fingerprint density at radius 3 is 2.57 bits per heavy atom. The van der Waals surface area contributed by atoms with Gasteiger partial charge in [0.2, 0.25) is 0 Å². The Kier molecular flexibility index (Phi) is 5.44. The van der Waals surface area contributed by atoms with Crippen molar-refractivity contribution in [3.63, 3.8) is 0 Å². The first-order chi connectivity index (χ1) is 10.1. The molecular formula is C15H14BrFN2O2. The monoisotopic (exact) mass is 352 g/mol. The van der Waals surface area contributed by atoms with E-state index >= 15 is 0 Å². The Labute approximate surface area is 130 Å². The minimum absolute atomic E-state index is 0.0770.